The van der Waals surface area contributed by atoms with Gasteiger partial charge in [0.1, 0.15) is 76.3 Å². The van der Waals surface area contributed by atoms with Crippen LogP contribution in [-0.2, 0) is 33.8 Å². The number of hydrogen-bond donors (Lipinski definition) is 0. The molecule has 0 spiro atoms. The molecule has 0 aromatic heterocycles. The third-order valence-electron chi connectivity index (χ3n) is 10.8. The van der Waals surface area contributed by atoms with Crippen LogP contribution in [0.1, 0.15) is 22.3 Å². The molecule has 6 atom stereocenters. The van der Waals surface area contributed by atoms with Crippen molar-refractivity contribution in [3.8, 4) is 45.6 Å². The topological polar surface area (TPSA) is 131 Å². The van der Waals surface area contributed by atoms with Crippen LogP contribution >= 0.6 is 0 Å². The van der Waals surface area contributed by atoms with E-state index >= 15 is 0 Å². The second kappa shape index (κ2) is 13.9. The summed E-state index contributed by atoms with van der Waals surface area (Å²) in [6, 6.07) is 25.2. The highest BCUT2D eigenvalue weighted by Crippen LogP contribution is 2.63. The molecule has 0 bridgehead atoms. The summed E-state index contributed by atoms with van der Waals surface area (Å²) in [6.07, 6.45) is 0.0433. The lowest BCUT2D eigenvalue weighted by Crippen LogP contribution is -2.31. The minimum Gasteiger partial charge on any atom is -0.487 e. The van der Waals surface area contributed by atoms with Gasteiger partial charge in [-0.05, 0) is 46.5 Å². The lowest BCUT2D eigenvalue weighted by molar-refractivity contribution is 0.204. The Morgan fingerprint density at radius 1 is 0.364 bits per heavy atom. The Labute approximate surface area is 318 Å². The van der Waals surface area contributed by atoms with Gasteiger partial charge in [-0.1, -0.05) is 48.5 Å². The minimum absolute atomic E-state index is 0.00170. The van der Waals surface area contributed by atoms with Crippen LogP contribution in [0.3, 0.4) is 0 Å². The van der Waals surface area contributed by atoms with E-state index in [9.17, 15) is 0 Å². The van der Waals surface area contributed by atoms with Gasteiger partial charge in [0.25, 0.3) is 0 Å². The quantitative estimate of drug-likeness (QED) is 0.102. The molecule has 6 fully saturated rings. The first-order valence-electron chi connectivity index (χ1n) is 19.2. The normalized spacial score (nSPS) is 26.6. The van der Waals surface area contributed by atoms with Gasteiger partial charge >= 0.3 is 0 Å². The maximum atomic E-state index is 6.91. The number of epoxide rings is 6. The average molecular weight is 751 g/mol. The van der Waals surface area contributed by atoms with E-state index in [2.05, 4.69) is 60.7 Å². The molecule has 12 nitrogen and oxygen atoms in total. The summed E-state index contributed by atoms with van der Waals surface area (Å²) < 4.78 is 73.5. The SMILES string of the molecule is c1ccc2c(c1)-c1ccccc1C2(c1ccc(OCC2CO2)c(OCC2CO2)c1OCC1CO1)c1ccc(OCC2CO2)c(OCC2CO2)c1OCC1CO1. The second-order valence-corrected chi connectivity index (χ2v) is 15.0. The van der Waals surface area contributed by atoms with Crippen molar-refractivity contribution >= 4 is 0 Å². The highest BCUT2D eigenvalue weighted by atomic mass is 16.6. The number of fused-ring (bicyclic) bond motifs is 3. The maximum absolute atomic E-state index is 6.91. The number of ether oxygens (including phenoxy) is 12. The Balaban J connectivity index is 1.16. The van der Waals surface area contributed by atoms with Crippen LogP contribution in [0.25, 0.3) is 11.1 Å². The third-order valence-corrected chi connectivity index (χ3v) is 10.8. The summed E-state index contributed by atoms with van der Waals surface area (Å²) in [6.45, 7) is 6.07. The molecule has 55 heavy (non-hydrogen) atoms. The van der Waals surface area contributed by atoms with Gasteiger partial charge < -0.3 is 56.8 Å². The van der Waals surface area contributed by atoms with E-state index < -0.39 is 5.41 Å². The van der Waals surface area contributed by atoms with Crippen molar-refractivity contribution in [3.05, 3.63) is 95.1 Å². The van der Waals surface area contributed by atoms with Gasteiger partial charge in [-0.3, -0.25) is 0 Å². The smallest absolute Gasteiger partial charge is 0.204 e. The summed E-state index contributed by atoms with van der Waals surface area (Å²) in [7, 11) is 0. The van der Waals surface area contributed by atoms with Gasteiger partial charge in [0, 0.05) is 11.1 Å². The standard InChI is InChI=1S/C43H42O12/c1-3-7-33-31(5-1)32-6-2-4-8-34(32)43(33,35-9-11-37(50-19-25-13-44-25)41(54-23-29-17-48-29)39(35)52-21-27-15-46-27)36-10-12-38(51-20-26-14-45-26)42(55-24-30-18-49-30)40(36)53-22-28-16-47-28/h1-12,25-30H,13-24H2. The fourth-order valence-corrected chi connectivity index (χ4v) is 7.48. The van der Waals surface area contributed by atoms with Crippen LogP contribution in [-0.4, -0.2) is 116 Å². The molecular weight excluding hydrogens is 708 g/mol. The molecule has 6 saturated heterocycles. The van der Waals surface area contributed by atoms with Crippen LogP contribution in [0.5, 0.6) is 34.5 Å². The Kier molecular flexibility index (Phi) is 8.51. The van der Waals surface area contributed by atoms with Crippen molar-refractivity contribution in [2.24, 2.45) is 0 Å². The van der Waals surface area contributed by atoms with Crippen molar-refractivity contribution in [1.29, 1.82) is 0 Å². The predicted octanol–water partition coefficient (Wildman–Crippen LogP) is 4.72. The number of hydrogen-bond acceptors (Lipinski definition) is 12. The first-order valence-corrected chi connectivity index (χ1v) is 19.2. The minimum atomic E-state index is -0.995. The molecule has 7 aliphatic rings. The van der Waals surface area contributed by atoms with E-state index in [0.29, 0.717) is 114 Å². The van der Waals surface area contributed by atoms with Gasteiger partial charge in [-0.2, -0.15) is 0 Å². The summed E-state index contributed by atoms with van der Waals surface area (Å²) in [5, 5.41) is 0. The predicted molar refractivity (Wildman–Crippen MR) is 195 cm³/mol. The van der Waals surface area contributed by atoms with E-state index in [0.717, 1.165) is 33.4 Å². The molecule has 6 heterocycles. The lowest BCUT2D eigenvalue weighted by Gasteiger charge is -2.37. The molecule has 0 amide bonds. The summed E-state index contributed by atoms with van der Waals surface area (Å²) >= 11 is 0. The van der Waals surface area contributed by atoms with Crippen LogP contribution in [0, 0.1) is 0 Å². The first-order chi connectivity index (χ1) is 27.2. The Morgan fingerprint density at radius 3 is 1.02 bits per heavy atom. The summed E-state index contributed by atoms with van der Waals surface area (Å²) in [5.74, 6) is 3.29. The van der Waals surface area contributed by atoms with Crippen molar-refractivity contribution in [2.75, 3.05) is 79.3 Å². The molecule has 0 radical (unpaired) electrons. The molecular formula is C43H42O12. The second-order valence-electron chi connectivity index (χ2n) is 15.0. The van der Waals surface area contributed by atoms with Crippen molar-refractivity contribution in [3.63, 3.8) is 0 Å². The number of benzene rings is 4. The monoisotopic (exact) mass is 750 g/mol. The average Bonchev–Trinajstić information content (AvgIpc) is 4.00. The fourth-order valence-electron chi connectivity index (χ4n) is 7.48. The van der Waals surface area contributed by atoms with E-state index in [1.54, 1.807) is 0 Å². The molecule has 0 saturated carbocycles. The Bertz CT molecular complexity index is 1910. The zero-order chi connectivity index (χ0) is 36.3. The van der Waals surface area contributed by atoms with Crippen LogP contribution < -0.4 is 28.4 Å². The fraction of sp³-hybridized carbons (Fsp3) is 0.442. The van der Waals surface area contributed by atoms with Crippen molar-refractivity contribution in [2.45, 2.75) is 42.0 Å². The molecule has 1 aliphatic carbocycles. The molecule has 6 unspecified atom stereocenters. The van der Waals surface area contributed by atoms with Gasteiger partial charge in [0.05, 0.1) is 45.1 Å². The van der Waals surface area contributed by atoms with Gasteiger partial charge in [-0.15, -0.1) is 0 Å². The largest absolute Gasteiger partial charge is 0.487 e. The zero-order valence-corrected chi connectivity index (χ0v) is 30.3. The molecule has 11 rings (SSSR count). The lowest BCUT2D eigenvalue weighted by atomic mass is 9.66. The maximum Gasteiger partial charge on any atom is 0.204 e. The third kappa shape index (κ3) is 6.85. The molecule has 4 aromatic rings. The zero-order valence-electron chi connectivity index (χ0n) is 30.3. The van der Waals surface area contributed by atoms with Crippen LogP contribution in [0.15, 0.2) is 72.8 Å². The summed E-state index contributed by atoms with van der Waals surface area (Å²) in [5.41, 5.74) is 5.05. The van der Waals surface area contributed by atoms with E-state index in [4.69, 9.17) is 56.8 Å². The Hall–Kier alpha value is -4.56. The molecule has 286 valence electrons. The van der Waals surface area contributed by atoms with Crippen LogP contribution in [0.2, 0.25) is 0 Å². The van der Waals surface area contributed by atoms with E-state index in [1.165, 1.54) is 0 Å². The van der Waals surface area contributed by atoms with Gasteiger partial charge in [0.2, 0.25) is 11.5 Å². The number of rotatable bonds is 20. The highest BCUT2D eigenvalue weighted by molar-refractivity contribution is 5.88. The molecule has 12 heteroatoms. The first kappa shape index (κ1) is 33.8. The summed E-state index contributed by atoms with van der Waals surface area (Å²) in [4.78, 5) is 0. The Morgan fingerprint density at radius 2 is 0.673 bits per heavy atom. The molecule has 0 N–H and O–H groups in total. The van der Waals surface area contributed by atoms with Gasteiger partial charge in [-0.25, -0.2) is 0 Å². The van der Waals surface area contributed by atoms with Gasteiger partial charge in [0.15, 0.2) is 23.0 Å². The van der Waals surface area contributed by atoms with Crippen molar-refractivity contribution < 1.29 is 56.8 Å². The van der Waals surface area contributed by atoms with E-state index in [-0.39, 0.29) is 36.6 Å². The molecule has 4 aromatic carbocycles. The highest BCUT2D eigenvalue weighted by Gasteiger charge is 2.51. The molecule has 6 aliphatic heterocycles. The van der Waals surface area contributed by atoms with E-state index in [1.807, 2.05) is 12.1 Å². The van der Waals surface area contributed by atoms with Crippen LogP contribution in [0.4, 0.5) is 0 Å². The van der Waals surface area contributed by atoms with Crippen molar-refractivity contribution in [1.82, 2.24) is 0 Å².